The number of aliphatic imine (C=N–C) groups is 1. The Labute approximate surface area is 135 Å². The summed E-state index contributed by atoms with van der Waals surface area (Å²) < 4.78 is 18.3. The van der Waals surface area contributed by atoms with Crippen LogP contribution in [0.5, 0.6) is 5.88 Å². The molecule has 2 rings (SSSR count). The summed E-state index contributed by atoms with van der Waals surface area (Å²) >= 11 is 0. The molecule has 0 atom stereocenters. The van der Waals surface area contributed by atoms with Crippen molar-refractivity contribution in [1.29, 1.82) is 0 Å². The molecule has 122 valence electrons. The third-order valence-corrected chi connectivity index (χ3v) is 3.15. The van der Waals surface area contributed by atoms with E-state index in [1.807, 2.05) is 19.1 Å². The van der Waals surface area contributed by atoms with Crippen LogP contribution in [0.4, 0.5) is 4.39 Å². The lowest BCUT2D eigenvalue weighted by Crippen LogP contribution is -2.36. The summed E-state index contributed by atoms with van der Waals surface area (Å²) in [5.74, 6) is 1.05. The van der Waals surface area contributed by atoms with Crippen LogP contribution in [0, 0.1) is 5.82 Å². The van der Waals surface area contributed by atoms with Crippen LogP contribution in [-0.4, -0.2) is 24.6 Å². The summed E-state index contributed by atoms with van der Waals surface area (Å²) in [6, 6.07) is 10.2. The lowest BCUT2D eigenvalue weighted by atomic mass is 10.2. The number of nitrogens with one attached hydrogen (secondary N) is 2. The number of nitrogens with zero attached hydrogens (tertiary/aromatic N) is 2. The van der Waals surface area contributed by atoms with Crippen LogP contribution in [0.15, 0.2) is 47.6 Å². The Bertz CT molecular complexity index is 643. The van der Waals surface area contributed by atoms with Crippen molar-refractivity contribution in [2.75, 3.05) is 13.7 Å². The van der Waals surface area contributed by atoms with Gasteiger partial charge in [-0.15, -0.1) is 0 Å². The average molecular weight is 316 g/mol. The van der Waals surface area contributed by atoms with Crippen molar-refractivity contribution >= 4 is 5.96 Å². The number of guanidine groups is 1. The maximum absolute atomic E-state index is 12.9. The Morgan fingerprint density at radius 3 is 2.48 bits per heavy atom. The van der Waals surface area contributed by atoms with Crippen molar-refractivity contribution in [3.05, 3.63) is 59.5 Å². The molecule has 2 aromatic rings. The lowest BCUT2D eigenvalue weighted by molar-refractivity contribution is 0.326. The SMILES string of the molecule is CCOc1cc(CNC(=NC)NCc2ccc(F)cc2)ccn1. The minimum absolute atomic E-state index is 0.237. The lowest BCUT2D eigenvalue weighted by Gasteiger charge is -2.12. The van der Waals surface area contributed by atoms with Crippen LogP contribution in [0.2, 0.25) is 0 Å². The van der Waals surface area contributed by atoms with Crippen LogP contribution < -0.4 is 15.4 Å². The molecular formula is C17H21FN4O. The van der Waals surface area contributed by atoms with E-state index in [1.165, 1.54) is 12.1 Å². The van der Waals surface area contributed by atoms with Gasteiger partial charge in [0.05, 0.1) is 6.61 Å². The standard InChI is InChI=1S/C17H21FN4O/c1-3-23-16-10-14(8-9-20-16)12-22-17(19-2)21-11-13-4-6-15(18)7-5-13/h4-10H,3,11-12H2,1-2H3,(H2,19,21,22). The molecule has 0 aliphatic carbocycles. The Balaban J connectivity index is 1.85. The zero-order valence-electron chi connectivity index (χ0n) is 13.3. The maximum atomic E-state index is 12.9. The van der Waals surface area contributed by atoms with Gasteiger partial charge in [0.2, 0.25) is 5.88 Å². The van der Waals surface area contributed by atoms with Crippen molar-refractivity contribution in [3.63, 3.8) is 0 Å². The van der Waals surface area contributed by atoms with Crippen molar-refractivity contribution in [2.24, 2.45) is 4.99 Å². The molecule has 2 N–H and O–H groups in total. The van der Waals surface area contributed by atoms with Gasteiger partial charge in [-0.2, -0.15) is 0 Å². The second kappa shape index (κ2) is 8.73. The monoisotopic (exact) mass is 316 g/mol. The van der Waals surface area contributed by atoms with Gasteiger partial charge in [-0.25, -0.2) is 9.37 Å². The summed E-state index contributed by atoms with van der Waals surface area (Å²) in [5.41, 5.74) is 2.03. The first-order valence-electron chi connectivity index (χ1n) is 7.48. The highest BCUT2D eigenvalue weighted by molar-refractivity contribution is 5.79. The second-order valence-corrected chi connectivity index (χ2v) is 4.84. The molecule has 0 aliphatic heterocycles. The van der Waals surface area contributed by atoms with E-state index in [2.05, 4.69) is 20.6 Å². The predicted molar refractivity (Wildman–Crippen MR) is 88.8 cm³/mol. The second-order valence-electron chi connectivity index (χ2n) is 4.84. The summed E-state index contributed by atoms with van der Waals surface area (Å²) in [4.78, 5) is 8.30. The first-order valence-corrected chi connectivity index (χ1v) is 7.48. The van der Waals surface area contributed by atoms with Crippen LogP contribution in [0.3, 0.4) is 0 Å². The van der Waals surface area contributed by atoms with E-state index >= 15 is 0 Å². The first-order chi connectivity index (χ1) is 11.2. The van der Waals surface area contributed by atoms with Gasteiger partial charge < -0.3 is 15.4 Å². The molecule has 1 heterocycles. The normalized spacial score (nSPS) is 11.2. The number of ether oxygens (including phenoxy) is 1. The van der Waals surface area contributed by atoms with Gasteiger partial charge in [0.25, 0.3) is 0 Å². The quantitative estimate of drug-likeness (QED) is 0.635. The minimum Gasteiger partial charge on any atom is -0.478 e. The van der Waals surface area contributed by atoms with Crippen LogP contribution >= 0.6 is 0 Å². The van der Waals surface area contributed by atoms with Gasteiger partial charge in [-0.1, -0.05) is 12.1 Å². The van der Waals surface area contributed by atoms with E-state index in [1.54, 1.807) is 25.4 Å². The topological polar surface area (TPSA) is 58.5 Å². The van der Waals surface area contributed by atoms with E-state index in [4.69, 9.17) is 4.74 Å². The Hall–Kier alpha value is -2.63. The summed E-state index contributed by atoms with van der Waals surface area (Å²) in [7, 11) is 1.71. The smallest absolute Gasteiger partial charge is 0.213 e. The molecule has 1 aromatic heterocycles. The summed E-state index contributed by atoms with van der Waals surface area (Å²) in [6.07, 6.45) is 1.72. The predicted octanol–water partition coefficient (Wildman–Crippen LogP) is 2.48. The van der Waals surface area contributed by atoms with Gasteiger partial charge >= 0.3 is 0 Å². The van der Waals surface area contributed by atoms with Gasteiger partial charge in [-0.05, 0) is 36.2 Å². The number of benzene rings is 1. The zero-order chi connectivity index (χ0) is 16.5. The Morgan fingerprint density at radius 2 is 1.83 bits per heavy atom. The van der Waals surface area contributed by atoms with Gasteiger partial charge in [-0.3, -0.25) is 4.99 Å². The van der Waals surface area contributed by atoms with Crippen molar-refractivity contribution in [1.82, 2.24) is 15.6 Å². The van der Waals surface area contributed by atoms with Crippen LogP contribution in [0.25, 0.3) is 0 Å². The molecule has 0 saturated carbocycles. The number of rotatable bonds is 6. The summed E-state index contributed by atoms with van der Waals surface area (Å²) in [5, 5.41) is 6.40. The van der Waals surface area contributed by atoms with E-state index in [-0.39, 0.29) is 5.82 Å². The minimum atomic E-state index is -0.237. The number of hydrogen-bond acceptors (Lipinski definition) is 3. The molecule has 0 unspecified atom stereocenters. The molecule has 0 amide bonds. The molecule has 1 aromatic carbocycles. The van der Waals surface area contributed by atoms with E-state index in [0.717, 1.165) is 11.1 Å². The average Bonchev–Trinajstić information content (AvgIpc) is 2.57. The number of halogens is 1. The highest BCUT2D eigenvalue weighted by Gasteiger charge is 2.01. The zero-order valence-corrected chi connectivity index (χ0v) is 13.3. The maximum Gasteiger partial charge on any atom is 0.213 e. The largest absolute Gasteiger partial charge is 0.478 e. The molecule has 6 heteroatoms. The highest BCUT2D eigenvalue weighted by atomic mass is 19.1. The fourth-order valence-electron chi connectivity index (χ4n) is 1.98. The van der Waals surface area contributed by atoms with Gasteiger partial charge in [0, 0.05) is 32.4 Å². The Morgan fingerprint density at radius 1 is 1.13 bits per heavy atom. The molecule has 0 aliphatic rings. The third-order valence-electron chi connectivity index (χ3n) is 3.15. The van der Waals surface area contributed by atoms with Gasteiger partial charge in [0.15, 0.2) is 5.96 Å². The summed E-state index contributed by atoms with van der Waals surface area (Å²) in [6.45, 7) is 3.69. The van der Waals surface area contributed by atoms with E-state index in [0.29, 0.717) is 31.5 Å². The van der Waals surface area contributed by atoms with Crippen LogP contribution in [-0.2, 0) is 13.1 Å². The molecule has 0 spiro atoms. The highest BCUT2D eigenvalue weighted by Crippen LogP contribution is 2.09. The van der Waals surface area contributed by atoms with Crippen molar-refractivity contribution < 1.29 is 9.13 Å². The molecule has 0 fully saturated rings. The number of pyridine rings is 1. The fraction of sp³-hybridized carbons (Fsp3) is 0.294. The Kier molecular flexibility index (Phi) is 6.35. The molecule has 0 radical (unpaired) electrons. The molecule has 0 saturated heterocycles. The van der Waals surface area contributed by atoms with Crippen LogP contribution in [0.1, 0.15) is 18.1 Å². The number of hydrogen-bond donors (Lipinski definition) is 2. The van der Waals surface area contributed by atoms with E-state index < -0.39 is 0 Å². The third kappa shape index (κ3) is 5.58. The molecule has 5 nitrogen and oxygen atoms in total. The van der Waals surface area contributed by atoms with Crippen molar-refractivity contribution in [2.45, 2.75) is 20.0 Å². The molecule has 0 bridgehead atoms. The fourth-order valence-corrected chi connectivity index (χ4v) is 1.98. The number of aromatic nitrogens is 1. The first kappa shape index (κ1) is 16.7. The molecular weight excluding hydrogens is 295 g/mol. The van der Waals surface area contributed by atoms with Gasteiger partial charge in [0.1, 0.15) is 5.82 Å². The molecule has 23 heavy (non-hydrogen) atoms. The van der Waals surface area contributed by atoms with Crippen molar-refractivity contribution in [3.8, 4) is 5.88 Å². The van der Waals surface area contributed by atoms with E-state index in [9.17, 15) is 4.39 Å².